The molecule has 0 amide bonds. The van der Waals surface area contributed by atoms with Crippen LogP contribution < -0.4 is 0 Å². The van der Waals surface area contributed by atoms with Crippen LogP contribution in [0, 0.1) is 0 Å². The molecule has 7 heteroatoms. The molecule has 0 N–H and O–H groups in total. The second kappa shape index (κ2) is 0.746. The molecule has 0 aliphatic heterocycles. The maximum absolute atomic E-state index is 11.2. The van der Waals surface area contributed by atoms with E-state index in [1.165, 1.54) is 0 Å². The molecule has 0 aromatic carbocycles. The van der Waals surface area contributed by atoms with Gasteiger partial charge in [0.15, 0.2) is 0 Å². The average Bonchev–Trinajstić information content (AvgIpc) is 0.592. The third kappa shape index (κ3) is 1590. The Hall–Kier alpha value is 0.268. The molecule has 50 valence electrons. The number of hydrogen-bond acceptors (Lipinski definition) is 0. The van der Waals surface area contributed by atoms with Crippen molar-refractivity contribution in [1.29, 1.82) is 0 Å². The van der Waals surface area contributed by atoms with Gasteiger partial charge < -0.3 is 0 Å². The summed E-state index contributed by atoms with van der Waals surface area (Å²) in [7, 11) is 0. The fourth-order valence-electron chi connectivity index (χ4n) is 0. The molecular formula is F6Mo-2. The van der Waals surface area contributed by atoms with Crippen LogP contribution in [0.15, 0.2) is 0 Å². The molecule has 0 rings (SSSR count). The zero-order valence-electron chi connectivity index (χ0n) is 2.68. The van der Waals surface area contributed by atoms with Crippen LogP contribution in [0.4, 0.5) is 18.9 Å². The second-order valence-electron chi connectivity index (χ2n) is 0.875. The molecule has 0 radical (unpaired) electrons. The molecule has 0 bridgehead atoms. The molecule has 0 saturated heterocycles. The van der Waals surface area contributed by atoms with Crippen LogP contribution >= 0.6 is 0 Å². The molecular weight excluding hydrogens is 210 g/mol. The Labute approximate surface area is 36.5 Å². The van der Waals surface area contributed by atoms with Gasteiger partial charge in [0, 0.05) is 0 Å². The summed E-state index contributed by atoms with van der Waals surface area (Å²) in [6, 6.07) is 0. The molecule has 0 fully saturated rings. The van der Waals surface area contributed by atoms with Crippen LogP contribution in [0.3, 0.4) is 0 Å². The summed E-state index contributed by atoms with van der Waals surface area (Å²) in [5, 5.41) is 0. The van der Waals surface area contributed by atoms with E-state index in [4.69, 9.17) is 0 Å². The van der Waals surface area contributed by atoms with Crippen LogP contribution in [0.1, 0.15) is 0 Å². The fraction of sp³-hybridized carbons (Fsp3) is 0. The number of hydrogen-bond donors (Lipinski definition) is 0. The van der Waals surface area contributed by atoms with Crippen molar-refractivity contribution in [2.45, 2.75) is 0 Å². The van der Waals surface area contributed by atoms with Crippen molar-refractivity contribution in [2.24, 2.45) is 0 Å². The minimum atomic E-state index is -11.2. The van der Waals surface area contributed by atoms with Gasteiger partial charge in [0.05, 0.1) is 0 Å². The molecule has 0 atom stereocenters. The topological polar surface area (TPSA) is 0 Å². The van der Waals surface area contributed by atoms with Gasteiger partial charge in [-0.2, -0.15) is 0 Å². The van der Waals surface area contributed by atoms with Gasteiger partial charge >= 0.3 is 35.7 Å². The molecule has 7 heavy (non-hydrogen) atoms. The zero-order valence-corrected chi connectivity index (χ0v) is 4.68. The number of halogens is 6. The van der Waals surface area contributed by atoms with Crippen LogP contribution in [-0.2, 0) is 16.7 Å². The van der Waals surface area contributed by atoms with Crippen molar-refractivity contribution in [3.05, 3.63) is 0 Å². The van der Waals surface area contributed by atoms with Crippen LogP contribution in [-0.4, -0.2) is 0 Å². The van der Waals surface area contributed by atoms with Crippen molar-refractivity contribution < 1.29 is 35.7 Å². The zero-order chi connectivity index (χ0) is 6.41. The van der Waals surface area contributed by atoms with Gasteiger partial charge in [-0.3, -0.25) is 0 Å². The third-order valence-electron chi connectivity index (χ3n) is 0. The van der Waals surface area contributed by atoms with E-state index in [0.717, 1.165) is 0 Å². The number of rotatable bonds is 0. The Morgan fingerprint density at radius 2 is 0.571 bits per heavy atom. The first-order chi connectivity index (χ1) is 2.45. The van der Waals surface area contributed by atoms with Crippen molar-refractivity contribution in [3.8, 4) is 0 Å². The van der Waals surface area contributed by atoms with Crippen LogP contribution in [0.25, 0.3) is 0 Å². The summed E-state index contributed by atoms with van der Waals surface area (Å²) >= 11 is -11.2. The fourth-order valence-corrected chi connectivity index (χ4v) is 0. The first-order valence-corrected chi connectivity index (χ1v) is 5.48. The summed E-state index contributed by atoms with van der Waals surface area (Å²) in [5.74, 6) is 0. The van der Waals surface area contributed by atoms with E-state index >= 15 is 0 Å². The third-order valence-corrected chi connectivity index (χ3v) is 0. The van der Waals surface area contributed by atoms with Crippen molar-refractivity contribution in [2.75, 3.05) is 0 Å². The van der Waals surface area contributed by atoms with Crippen molar-refractivity contribution >= 4 is 0 Å². The van der Waals surface area contributed by atoms with Gasteiger partial charge in [-0.05, 0) is 0 Å². The van der Waals surface area contributed by atoms with Crippen LogP contribution in [0.5, 0.6) is 0 Å². The molecule has 0 aromatic rings. The van der Waals surface area contributed by atoms with Crippen molar-refractivity contribution in [1.82, 2.24) is 0 Å². The summed E-state index contributed by atoms with van der Waals surface area (Å²) in [4.78, 5) is 0. The van der Waals surface area contributed by atoms with Gasteiger partial charge in [-0.1, -0.05) is 0 Å². The Bertz CT molecular complexity index is 62.7. The Morgan fingerprint density at radius 3 is 0.571 bits per heavy atom. The van der Waals surface area contributed by atoms with E-state index in [0.29, 0.717) is 0 Å². The van der Waals surface area contributed by atoms with E-state index in [2.05, 4.69) is 0 Å². The molecule has 0 aliphatic rings. The quantitative estimate of drug-likeness (QED) is 0.425. The normalized spacial score (nSPS) is 23.1. The van der Waals surface area contributed by atoms with Gasteiger partial charge in [-0.15, -0.1) is 0 Å². The molecule has 0 unspecified atom stereocenters. The Balaban J connectivity index is 4.43. The van der Waals surface area contributed by atoms with Gasteiger partial charge in [0.25, 0.3) is 0 Å². The van der Waals surface area contributed by atoms with Crippen LogP contribution in [0.2, 0.25) is 0 Å². The standard InChI is InChI=1S/6FH.Mo/h6*1H;/q;;;;;;+4/p-6. The average molecular weight is 210 g/mol. The summed E-state index contributed by atoms with van der Waals surface area (Å²) < 4.78 is 59.5. The monoisotopic (exact) mass is 212 g/mol. The van der Waals surface area contributed by atoms with E-state index < -0.39 is 16.7 Å². The van der Waals surface area contributed by atoms with E-state index in [-0.39, 0.29) is 0 Å². The summed E-state index contributed by atoms with van der Waals surface area (Å²) in [6.45, 7) is 0. The second-order valence-corrected chi connectivity index (χ2v) is 5.18. The SMILES string of the molecule is [F][Mo-2]([F])([F])([F])([F])[F]. The first kappa shape index (κ1) is 7.27. The van der Waals surface area contributed by atoms with Gasteiger partial charge in [-0.25, -0.2) is 0 Å². The summed E-state index contributed by atoms with van der Waals surface area (Å²) in [6.07, 6.45) is 0. The van der Waals surface area contributed by atoms with E-state index in [1.807, 2.05) is 0 Å². The van der Waals surface area contributed by atoms with E-state index in [9.17, 15) is 18.9 Å². The predicted octanol–water partition coefficient (Wildman–Crippen LogP) is 2.52. The maximum atomic E-state index is 9.92. The molecule has 0 aromatic heterocycles. The Morgan fingerprint density at radius 1 is 0.571 bits per heavy atom. The first-order valence-electron chi connectivity index (χ1n) is 0.926. The molecule has 0 spiro atoms. The van der Waals surface area contributed by atoms with Gasteiger partial charge in [0.2, 0.25) is 0 Å². The Kier molecular flexibility index (Phi) is 0.775. The van der Waals surface area contributed by atoms with E-state index in [1.54, 1.807) is 0 Å². The molecule has 0 saturated carbocycles. The predicted molar refractivity (Wildman–Crippen MR) is 6.65 cm³/mol. The van der Waals surface area contributed by atoms with Gasteiger partial charge in [0.1, 0.15) is 0 Å². The molecule has 0 nitrogen and oxygen atoms in total. The van der Waals surface area contributed by atoms with Crippen molar-refractivity contribution in [3.63, 3.8) is 0 Å². The molecule has 0 heterocycles. The minimum absolute atomic E-state index is 9.92. The molecule has 0 aliphatic carbocycles. The summed E-state index contributed by atoms with van der Waals surface area (Å²) in [5.41, 5.74) is 0.